The maximum atomic E-state index is 12.8. The number of ether oxygens (including phenoxy) is 1. The van der Waals surface area contributed by atoms with Gasteiger partial charge < -0.3 is 10.1 Å². The van der Waals surface area contributed by atoms with Crippen molar-refractivity contribution in [2.45, 2.75) is 44.8 Å². The molecule has 0 spiro atoms. The molecule has 1 aromatic rings. The second-order valence-electron chi connectivity index (χ2n) is 5.00. The zero-order valence-corrected chi connectivity index (χ0v) is 11.0. The number of hydrogen-bond donors (Lipinski definition) is 1. The van der Waals surface area contributed by atoms with E-state index in [4.69, 9.17) is 4.74 Å². The molecule has 1 saturated heterocycles. The van der Waals surface area contributed by atoms with E-state index in [2.05, 4.69) is 12.2 Å². The van der Waals surface area contributed by atoms with E-state index in [0.717, 1.165) is 31.6 Å². The lowest BCUT2D eigenvalue weighted by Crippen LogP contribution is -2.21. The van der Waals surface area contributed by atoms with Crippen molar-refractivity contribution in [3.8, 4) is 0 Å². The van der Waals surface area contributed by atoms with Gasteiger partial charge >= 0.3 is 0 Å². The van der Waals surface area contributed by atoms with Crippen LogP contribution in [0.15, 0.2) is 24.3 Å². The largest absolute Gasteiger partial charge is 0.378 e. The average Bonchev–Trinajstić information content (AvgIpc) is 2.88. The number of halogens is 1. The maximum absolute atomic E-state index is 12.8. The third-order valence-corrected chi connectivity index (χ3v) is 3.55. The molecule has 18 heavy (non-hydrogen) atoms. The summed E-state index contributed by atoms with van der Waals surface area (Å²) in [6.07, 6.45) is 5.18. The molecular weight excluding hydrogens is 229 g/mol. The van der Waals surface area contributed by atoms with Crippen molar-refractivity contribution >= 4 is 0 Å². The van der Waals surface area contributed by atoms with Crippen molar-refractivity contribution in [2.24, 2.45) is 0 Å². The van der Waals surface area contributed by atoms with Crippen LogP contribution in [-0.4, -0.2) is 19.3 Å². The Kier molecular flexibility index (Phi) is 5.14. The highest BCUT2D eigenvalue weighted by Crippen LogP contribution is 2.17. The first-order valence-corrected chi connectivity index (χ1v) is 6.86. The lowest BCUT2D eigenvalue weighted by molar-refractivity contribution is 0.102. The van der Waals surface area contributed by atoms with E-state index in [9.17, 15) is 4.39 Å². The van der Waals surface area contributed by atoms with Gasteiger partial charge in [0, 0.05) is 12.6 Å². The minimum Gasteiger partial charge on any atom is -0.378 e. The number of nitrogens with one attached hydrogen (secondary N) is 1. The summed E-state index contributed by atoms with van der Waals surface area (Å²) in [5.74, 6) is -0.177. The van der Waals surface area contributed by atoms with Crippen molar-refractivity contribution in [3.63, 3.8) is 0 Å². The van der Waals surface area contributed by atoms with Gasteiger partial charge in [-0.2, -0.15) is 0 Å². The summed E-state index contributed by atoms with van der Waals surface area (Å²) in [7, 11) is 0. The van der Waals surface area contributed by atoms with Crippen molar-refractivity contribution in [1.82, 2.24) is 5.32 Å². The molecule has 0 aliphatic carbocycles. The lowest BCUT2D eigenvalue weighted by Gasteiger charge is -2.15. The second kappa shape index (κ2) is 6.86. The first-order chi connectivity index (χ1) is 8.75. The van der Waals surface area contributed by atoms with Gasteiger partial charge in [-0.15, -0.1) is 0 Å². The van der Waals surface area contributed by atoms with Crippen LogP contribution in [0.5, 0.6) is 0 Å². The smallest absolute Gasteiger partial charge is 0.123 e. The fraction of sp³-hybridized carbons (Fsp3) is 0.600. The molecule has 1 aliphatic heterocycles. The summed E-state index contributed by atoms with van der Waals surface area (Å²) in [4.78, 5) is 0. The average molecular weight is 251 g/mol. The normalized spacial score (nSPS) is 21.1. The summed E-state index contributed by atoms with van der Waals surface area (Å²) in [5, 5.41) is 3.46. The molecule has 0 amide bonds. The van der Waals surface area contributed by atoms with Crippen LogP contribution in [0, 0.1) is 5.82 Å². The highest BCUT2D eigenvalue weighted by molar-refractivity contribution is 5.19. The summed E-state index contributed by atoms with van der Waals surface area (Å²) >= 11 is 0. The predicted octanol–water partition coefficient (Wildman–Crippen LogP) is 3.44. The lowest BCUT2D eigenvalue weighted by atomic mass is 10.1. The van der Waals surface area contributed by atoms with Crippen LogP contribution >= 0.6 is 0 Å². The van der Waals surface area contributed by atoms with Crippen molar-refractivity contribution in [2.75, 3.05) is 13.2 Å². The minimum absolute atomic E-state index is 0.177. The molecule has 1 unspecified atom stereocenters. The zero-order chi connectivity index (χ0) is 12.8. The van der Waals surface area contributed by atoms with E-state index in [1.807, 2.05) is 12.1 Å². The van der Waals surface area contributed by atoms with Crippen LogP contribution in [0.1, 0.15) is 44.2 Å². The third-order valence-electron chi connectivity index (χ3n) is 3.55. The molecule has 0 bridgehead atoms. The number of hydrogen-bond acceptors (Lipinski definition) is 2. The van der Waals surface area contributed by atoms with E-state index in [0.29, 0.717) is 6.10 Å². The van der Waals surface area contributed by atoms with Gasteiger partial charge in [-0.3, -0.25) is 0 Å². The van der Waals surface area contributed by atoms with Gasteiger partial charge in [0.05, 0.1) is 6.10 Å². The van der Waals surface area contributed by atoms with E-state index in [-0.39, 0.29) is 11.9 Å². The first kappa shape index (κ1) is 13.5. The SMILES string of the molecule is C[C@@H](NCCCC1CCCO1)c1ccc(F)cc1. The molecule has 1 fully saturated rings. The molecule has 1 aliphatic rings. The van der Waals surface area contributed by atoms with Gasteiger partial charge in [0.1, 0.15) is 5.82 Å². The van der Waals surface area contributed by atoms with Gasteiger partial charge in [0.2, 0.25) is 0 Å². The Labute approximate surface area is 109 Å². The van der Waals surface area contributed by atoms with Crippen LogP contribution in [0.3, 0.4) is 0 Å². The first-order valence-electron chi connectivity index (χ1n) is 6.86. The fourth-order valence-electron chi connectivity index (χ4n) is 2.39. The molecule has 1 heterocycles. The van der Waals surface area contributed by atoms with Gasteiger partial charge in [-0.1, -0.05) is 12.1 Å². The Morgan fingerprint density at radius 1 is 1.39 bits per heavy atom. The monoisotopic (exact) mass is 251 g/mol. The predicted molar refractivity (Wildman–Crippen MR) is 71.0 cm³/mol. The van der Waals surface area contributed by atoms with Crippen LogP contribution in [0.4, 0.5) is 4.39 Å². The fourth-order valence-corrected chi connectivity index (χ4v) is 2.39. The molecule has 2 rings (SSSR count). The molecule has 0 saturated carbocycles. The highest BCUT2D eigenvalue weighted by Gasteiger charge is 2.14. The van der Waals surface area contributed by atoms with Gasteiger partial charge in [-0.25, -0.2) is 4.39 Å². The van der Waals surface area contributed by atoms with Crippen molar-refractivity contribution < 1.29 is 9.13 Å². The molecule has 1 N–H and O–H groups in total. The van der Waals surface area contributed by atoms with Crippen molar-refractivity contribution in [3.05, 3.63) is 35.6 Å². The molecule has 100 valence electrons. The van der Waals surface area contributed by atoms with Crippen LogP contribution in [0.2, 0.25) is 0 Å². The second-order valence-corrected chi connectivity index (χ2v) is 5.00. The molecule has 0 radical (unpaired) electrons. The number of rotatable bonds is 6. The number of benzene rings is 1. The summed E-state index contributed by atoms with van der Waals surface area (Å²) < 4.78 is 18.4. The Morgan fingerprint density at radius 2 is 2.17 bits per heavy atom. The quantitative estimate of drug-likeness (QED) is 0.782. The highest BCUT2D eigenvalue weighted by atomic mass is 19.1. The molecule has 0 aromatic heterocycles. The van der Waals surface area contributed by atoms with Gasteiger partial charge in [0.15, 0.2) is 0 Å². The Hall–Kier alpha value is -0.930. The molecule has 3 heteroatoms. The van der Waals surface area contributed by atoms with E-state index in [1.165, 1.54) is 25.0 Å². The molecular formula is C15H22FNO. The Morgan fingerprint density at radius 3 is 2.83 bits per heavy atom. The summed E-state index contributed by atoms with van der Waals surface area (Å²) in [5.41, 5.74) is 1.13. The van der Waals surface area contributed by atoms with Gasteiger partial charge in [-0.05, 0) is 56.8 Å². The maximum Gasteiger partial charge on any atom is 0.123 e. The van der Waals surface area contributed by atoms with E-state index < -0.39 is 0 Å². The van der Waals surface area contributed by atoms with E-state index >= 15 is 0 Å². The van der Waals surface area contributed by atoms with E-state index in [1.54, 1.807) is 0 Å². The molecule has 1 aromatic carbocycles. The Balaban J connectivity index is 1.64. The minimum atomic E-state index is -0.177. The topological polar surface area (TPSA) is 21.3 Å². The standard InChI is InChI=1S/C15H22FNO/c1-12(13-6-8-14(16)9-7-13)17-10-2-4-15-5-3-11-18-15/h6-9,12,15,17H,2-5,10-11H2,1H3/t12-,15?/m1/s1. The molecule has 2 atom stereocenters. The zero-order valence-electron chi connectivity index (χ0n) is 11.0. The van der Waals surface area contributed by atoms with Crippen LogP contribution in [0.25, 0.3) is 0 Å². The van der Waals surface area contributed by atoms with Crippen LogP contribution in [-0.2, 0) is 4.74 Å². The van der Waals surface area contributed by atoms with Crippen molar-refractivity contribution in [1.29, 1.82) is 0 Å². The van der Waals surface area contributed by atoms with Gasteiger partial charge in [0.25, 0.3) is 0 Å². The molecule has 2 nitrogen and oxygen atoms in total. The summed E-state index contributed by atoms with van der Waals surface area (Å²) in [6, 6.07) is 6.98. The van der Waals surface area contributed by atoms with Crippen LogP contribution < -0.4 is 5.32 Å². The summed E-state index contributed by atoms with van der Waals surface area (Å²) in [6.45, 7) is 4.03. The Bertz CT molecular complexity index is 346. The third kappa shape index (κ3) is 4.07.